The van der Waals surface area contributed by atoms with Gasteiger partial charge in [0.2, 0.25) is 5.88 Å². The highest BCUT2D eigenvalue weighted by Gasteiger charge is 2.16. The molecule has 94 valence electrons. The molecule has 3 rings (SSSR count). The molecular weight excluding hydrogens is 266 g/mol. The minimum Gasteiger partial charge on any atom is -0.479 e. The lowest BCUT2D eigenvalue weighted by atomic mass is 10.1. The molecule has 0 spiro atoms. The molecular formula is C12H13N3OS2. The highest BCUT2D eigenvalue weighted by atomic mass is 32.2. The third kappa shape index (κ3) is 1.95. The van der Waals surface area contributed by atoms with Gasteiger partial charge in [-0.3, -0.25) is 0 Å². The van der Waals surface area contributed by atoms with Crippen molar-refractivity contribution in [2.24, 2.45) is 0 Å². The topological polar surface area (TPSA) is 61.0 Å². The van der Waals surface area contributed by atoms with Crippen LogP contribution in [0.5, 0.6) is 5.88 Å². The van der Waals surface area contributed by atoms with Gasteiger partial charge < -0.3 is 10.5 Å². The maximum Gasteiger partial charge on any atom is 0.241 e. The third-order valence-corrected chi connectivity index (χ3v) is 4.72. The molecule has 1 aliphatic rings. The van der Waals surface area contributed by atoms with Crippen molar-refractivity contribution in [2.45, 2.75) is 6.42 Å². The van der Waals surface area contributed by atoms with E-state index in [1.165, 1.54) is 16.9 Å². The van der Waals surface area contributed by atoms with Crippen molar-refractivity contribution >= 4 is 44.0 Å². The fourth-order valence-electron chi connectivity index (χ4n) is 2.06. The van der Waals surface area contributed by atoms with Crippen molar-refractivity contribution in [3.8, 4) is 5.88 Å². The van der Waals surface area contributed by atoms with Crippen molar-refractivity contribution in [1.29, 1.82) is 0 Å². The van der Waals surface area contributed by atoms with E-state index in [2.05, 4.69) is 16.0 Å². The number of rotatable bonds is 2. The summed E-state index contributed by atoms with van der Waals surface area (Å²) in [6.45, 7) is 0. The number of aromatic nitrogens is 2. The van der Waals surface area contributed by atoms with Crippen LogP contribution in [0.3, 0.4) is 0 Å². The lowest BCUT2D eigenvalue weighted by Crippen LogP contribution is -1.97. The zero-order valence-corrected chi connectivity index (χ0v) is 11.6. The molecule has 2 aromatic heterocycles. The van der Waals surface area contributed by atoms with Crippen LogP contribution in [0.2, 0.25) is 0 Å². The number of thiazole rings is 1. The predicted molar refractivity (Wildman–Crippen MR) is 78.3 cm³/mol. The maximum absolute atomic E-state index is 5.81. The van der Waals surface area contributed by atoms with E-state index in [1.54, 1.807) is 7.11 Å². The number of nitrogens with zero attached hydrogens (tertiary/aromatic N) is 2. The fraction of sp³-hybridized carbons (Fsp3) is 0.333. The summed E-state index contributed by atoms with van der Waals surface area (Å²) in [5, 5.41) is 0.559. The second kappa shape index (κ2) is 4.78. The van der Waals surface area contributed by atoms with E-state index in [0.29, 0.717) is 11.0 Å². The average molecular weight is 279 g/mol. The van der Waals surface area contributed by atoms with Crippen LogP contribution in [-0.2, 0) is 0 Å². The van der Waals surface area contributed by atoms with E-state index >= 15 is 0 Å². The number of hydrogen-bond acceptors (Lipinski definition) is 6. The third-order valence-electron chi connectivity index (χ3n) is 2.90. The molecule has 0 atom stereocenters. The molecule has 1 aliphatic heterocycles. The van der Waals surface area contributed by atoms with Gasteiger partial charge in [0.05, 0.1) is 11.8 Å². The van der Waals surface area contributed by atoms with Gasteiger partial charge in [0, 0.05) is 17.5 Å². The van der Waals surface area contributed by atoms with Gasteiger partial charge in [0.1, 0.15) is 5.52 Å². The van der Waals surface area contributed by atoms with E-state index in [4.69, 9.17) is 10.5 Å². The number of hydrogen-bond donors (Lipinski definition) is 1. The molecule has 0 fully saturated rings. The Morgan fingerprint density at radius 1 is 1.44 bits per heavy atom. The number of anilines is 1. The molecule has 6 heteroatoms. The van der Waals surface area contributed by atoms with E-state index < -0.39 is 0 Å². The number of nitrogens with two attached hydrogens (primary N) is 1. The van der Waals surface area contributed by atoms with Crippen LogP contribution in [0.25, 0.3) is 15.8 Å². The van der Waals surface area contributed by atoms with Gasteiger partial charge >= 0.3 is 0 Å². The van der Waals surface area contributed by atoms with Crippen molar-refractivity contribution in [3.05, 3.63) is 17.8 Å². The lowest BCUT2D eigenvalue weighted by Gasteiger charge is -2.13. The van der Waals surface area contributed by atoms with Crippen LogP contribution in [-0.4, -0.2) is 28.6 Å². The van der Waals surface area contributed by atoms with Gasteiger partial charge in [0.15, 0.2) is 5.13 Å². The molecule has 3 heterocycles. The molecule has 4 nitrogen and oxygen atoms in total. The standard InChI is InChI=1S/C12H13N3OS2/c1-16-11-9-10(18-12(13)15-9)8(6-14-11)7-2-4-17-5-3-7/h2,6H,3-5H2,1H3,(H2,13,15). The van der Waals surface area contributed by atoms with Crippen LogP contribution in [0.4, 0.5) is 5.13 Å². The predicted octanol–water partition coefficient (Wildman–Crippen LogP) is 2.80. The molecule has 0 bridgehead atoms. The van der Waals surface area contributed by atoms with Gasteiger partial charge in [0.25, 0.3) is 0 Å². The molecule has 0 aliphatic carbocycles. The van der Waals surface area contributed by atoms with Crippen molar-refractivity contribution in [1.82, 2.24) is 9.97 Å². The largest absolute Gasteiger partial charge is 0.479 e. The Bertz CT molecular complexity index is 621. The number of fused-ring (bicyclic) bond motifs is 1. The second-order valence-corrected chi connectivity index (χ2v) is 6.15. The molecule has 0 saturated carbocycles. The molecule has 0 unspecified atom stereocenters. The Kier molecular flexibility index (Phi) is 3.13. The molecule has 0 saturated heterocycles. The Morgan fingerprint density at radius 3 is 3.06 bits per heavy atom. The average Bonchev–Trinajstić information content (AvgIpc) is 2.80. The molecule has 2 aromatic rings. The summed E-state index contributed by atoms with van der Waals surface area (Å²) in [6, 6.07) is 0. The van der Waals surface area contributed by atoms with Crippen LogP contribution >= 0.6 is 23.1 Å². The summed E-state index contributed by atoms with van der Waals surface area (Å²) >= 11 is 3.45. The summed E-state index contributed by atoms with van der Waals surface area (Å²) < 4.78 is 6.32. The number of thioether (sulfide) groups is 1. The molecule has 18 heavy (non-hydrogen) atoms. The Morgan fingerprint density at radius 2 is 2.33 bits per heavy atom. The molecule has 0 radical (unpaired) electrons. The van der Waals surface area contributed by atoms with Crippen LogP contribution < -0.4 is 10.5 Å². The summed E-state index contributed by atoms with van der Waals surface area (Å²) in [4.78, 5) is 8.65. The van der Waals surface area contributed by atoms with Gasteiger partial charge in [-0.25, -0.2) is 9.97 Å². The molecule has 0 aromatic carbocycles. The highest BCUT2D eigenvalue weighted by molar-refractivity contribution is 7.99. The van der Waals surface area contributed by atoms with Crippen molar-refractivity contribution < 1.29 is 4.74 Å². The van der Waals surface area contributed by atoms with Crippen LogP contribution in [0.15, 0.2) is 12.3 Å². The number of nitrogen functional groups attached to an aromatic ring is 1. The minimum absolute atomic E-state index is 0.549. The highest BCUT2D eigenvalue weighted by Crippen LogP contribution is 2.37. The van der Waals surface area contributed by atoms with Crippen LogP contribution in [0, 0.1) is 0 Å². The van der Waals surface area contributed by atoms with Gasteiger partial charge in [-0.15, -0.1) is 0 Å². The van der Waals surface area contributed by atoms with E-state index in [9.17, 15) is 0 Å². The number of pyridine rings is 1. The first-order valence-corrected chi connectivity index (χ1v) is 7.63. The van der Waals surface area contributed by atoms with Gasteiger partial charge in [-0.05, 0) is 17.7 Å². The van der Waals surface area contributed by atoms with E-state index in [0.717, 1.165) is 33.7 Å². The first-order chi connectivity index (χ1) is 8.79. The SMILES string of the molecule is COc1ncc(C2=CCSCC2)c2sc(N)nc12. The van der Waals surface area contributed by atoms with Crippen molar-refractivity contribution in [2.75, 3.05) is 24.3 Å². The molecule has 0 amide bonds. The Hall–Kier alpha value is -1.27. The Labute approximate surface area is 113 Å². The first-order valence-electron chi connectivity index (χ1n) is 5.65. The zero-order valence-electron chi connectivity index (χ0n) is 9.97. The molecule has 2 N–H and O–H groups in total. The number of allylic oxidation sites excluding steroid dienone is 1. The van der Waals surface area contributed by atoms with E-state index in [1.807, 2.05) is 18.0 Å². The quantitative estimate of drug-likeness (QED) is 0.916. The summed E-state index contributed by atoms with van der Waals surface area (Å²) in [6.07, 6.45) is 5.22. The zero-order chi connectivity index (χ0) is 12.5. The second-order valence-electron chi connectivity index (χ2n) is 3.97. The number of methoxy groups -OCH3 is 1. The van der Waals surface area contributed by atoms with Gasteiger partial charge in [-0.2, -0.15) is 11.8 Å². The van der Waals surface area contributed by atoms with Crippen LogP contribution in [0.1, 0.15) is 12.0 Å². The summed E-state index contributed by atoms with van der Waals surface area (Å²) in [5.74, 6) is 2.78. The maximum atomic E-state index is 5.81. The summed E-state index contributed by atoms with van der Waals surface area (Å²) in [5.41, 5.74) is 9.09. The minimum atomic E-state index is 0.549. The van der Waals surface area contributed by atoms with Gasteiger partial charge in [-0.1, -0.05) is 17.4 Å². The monoisotopic (exact) mass is 279 g/mol. The smallest absolute Gasteiger partial charge is 0.241 e. The number of ether oxygens (including phenoxy) is 1. The lowest BCUT2D eigenvalue weighted by molar-refractivity contribution is 0.402. The Balaban J connectivity index is 2.21. The normalized spacial score (nSPS) is 15.7. The van der Waals surface area contributed by atoms with E-state index in [-0.39, 0.29) is 0 Å². The van der Waals surface area contributed by atoms with Crippen molar-refractivity contribution in [3.63, 3.8) is 0 Å². The first kappa shape index (κ1) is 11.8. The summed E-state index contributed by atoms with van der Waals surface area (Å²) in [7, 11) is 1.60. The fourth-order valence-corrected chi connectivity index (χ4v) is 3.78.